The predicted molar refractivity (Wildman–Crippen MR) is 133 cm³/mol. The lowest BCUT2D eigenvalue weighted by atomic mass is 9.98. The summed E-state index contributed by atoms with van der Waals surface area (Å²) in [6.45, 7) is 5.15. The first-order chi connectivity index (χ1) is 17.1. The van der Waals surface area contributed by atoms with Gasteiger partial charge in [0.2, 0.25) is 0 Å². The number of aliphatic hydroxyl groups is 1. The third-order valence-corrected chi connectivity index (χ3v) is 6.42. The van der Waals surface area contributed by atoms with Crippen LogP contribution < -0.4 is 10.6 Å². The minimum Gasteiger partial charge on any atom is -0.394 e. The Morgan fingerprint density at radius 3 is 2.81 bits per heavy atom. The van der Waals surface area contributed by atoms with Gasteiger partial charge < -0.3 is 25.4 Å². The quantitative estimate of drug-likeness (QED) is 0.490. The molecule has 1 fully saturated rings. The minimum atomic E-state index is -4.23. The van der Waals surface area contributed by atoms with Gasteiger partial charge in [-0.05, 0) is 67.1 Å². The van der Waals surface area contributed by atoms with Gasteiger partial charge in [-0.25, -0.2) is 9.78 Å². The number of carbonyl (C=O) groups is 1. The summed E-state index contributed by atoms with van der Waals surface area (Å²) in [5.74, 6) is 0.0409. The molecule has 4 rings (SSSR count). The van der Waals surface area contributed by atoms with Crippen molar-refractivity contribution in [3.63, 3.8) is 0 Å². The Hall–Kier alpha value is -3.11. The number of aryl methyl sites for hydroxylation is 1. The van der Waals surface area contributed by atoms with Crippen LogP contribution in [0.2, 0.25) is 0 Å². The molecule has 10 heteroatoms. The van der Waals surface area contributed by atoms with E-state index in [1.54, 1.807) is 6.07 Å². The zero-order valence-corrected chi connectivity index (χ0v) is 20.4. The van der Waals surface area contributed by atoms with Crippen molar-refractivity contribution in [3.8, 4) is 11.1 Å². The van der Waals surface area contributed by atoms with E-state index in [9.17, 15) is 23.1 Å². The molecule has 36 heavy (non-hydrogen) atoms. The highest BCUT2D eigenvalue weighted by Gasteiger charge is 2.36. The fraction of sp³-hybridized carbons (Fsp3) is 0.462. The number of rotatable bonds is 7. The van der Waals surface area contributed by atoms with Gasteiger partial charge in [0.1, 0.15) is 5.82 Å². The molecule has 0 bridgehead atoms. The first-order valence-electron chi connectivity index (χ1n) is 12.0. The van der Waals surface area contributed by atoms with E-state index in [2.05, 4.69) is 15.6 Å². The maximum absolute atomic E-state index is 12.8. The molecule has 0 spiro atoms. The number of likely N-dealkylation sites (tertiary alicyclic amines) is 1. The second-order valence-electron chi connectivity index (χ2n) is 9.48. The Morgan fingerprint density at radius 2 is 2.11 bits per heavy atom. The lowest BCUT2D eigenvalue weighted by Crippen LogP contribution is -2.33. The molecule has 2 aliphatic heterocycles. The molecule has 2 aliphatic rings. The summed E-state index contributed by atoms with van der Waals surface area (Å²) in [4.78, 5) is 18.9. The van der Waals surface area contributed by atoms with E-state index in [1.807, 2.05) is 44.2 Å². The number of ether oxygens (including phenoxy) is 1. The summed E-state index contributed by atoms with van der Waals surface area (Å²) in [5, 5.41) is 15.5. The first kappa shape index (κ1) is 26.0. The predicted octanol–water partition coefficient (Wildman–Crippen LogP) is 5.07. The lowest BCUT2D eigenvalue weighted by molar-refractivity contribution is -0.143. The van der Waals surface area contributed by atoms with Crippen LogP contribution >= 0.6 is 0 Å². The van der Waals surface area contributed by atoms with Crippen LogP contribution in [0, 0.1) is 12.8 Å². The Morgan fingerprint density at radius 1 is 1.31 bits per heavy atom. The fourth-order valence-corrected chi connectivity index (χ4v) is 4.51. The van der Waals surface area contributed by atoms with Gasteiger partial charge in [-0.2, -0.15) is 13.2 Å². The van der Waals surface area contributed by atoms with E-state index in [4.69, 9.17) is 4.74 Å². The van der Waals surface area contributed by atoms with Crippen molar-refractivity contribution in [1.82, 2.24) is 9.88 Å². The zero-order valence-electron chi connectivity index (χ0n) is 20.4. The zero-order chi connectivity index (χ0) is 25.9. The molecule has 194 valence electrons. The topological polar surface area (TPSA) is 86.7 Å². The van der Waals surface area contributed by atoms with Gasteiger partial charge in [-0.15, -0.1) is 0 Å². The Bertz CT molecular complexity index is 1140. The Balaban J connectivity index is 1.56. The third kappa shape index (κ3) is 6.55. The number of urea groups is 1. The van der Waals surface area contributed by atoms with Crippen molar-refractivity contribution < 1.29 is 27.8 Å². The SMILES string of the molecule is Cc1ccc(NC(=O)N2CC[C@@H](CC(F)(F)F)C2)cc1-c1cc(NC(C)CO)nc(C2=CCOC2)c1. The molecule has 1 aromatic heterocycles. The van der Waals surface area contributed by atoms with Crippen molar-refractivity contribution in [2.24, 2.45) is 5.92 Å². The van der Waals surface area contributed by atoms with Crippen LogP contribution in [0.3, 0.4) is 0 Å². The highest BCUT2D eigenvalue weighted by molar-refractivity contribution is 5.91. The smallest absolute Gasteiger partial charge is 0.389 e. The number of aliphatic hydroxyl groups excluding tert-OH is 1. The lowest BCUT2D eigenvalue weighted by Gasteiger charge is -2.19. The normalized spacial score (nSPS) is 18.8. The van der Waals surface area contributed by atoms with E-state index >= 15 is 0 Å². The van der Waals surface area contributed by atoms with Gasteiger partial charge in [0.25, 0.3) is 0 Å². The molecule has 0 aliphatic carbocycles. The molecule has 2 aromatic rings. The van der Waals surface area contributed by atoms with Crippen LogP contribution in [0.5, 0.6) is 0 Å². The molecule has 1 unspecified atom stereocenters. The third-order valence-electron chi connectivity index (χ3n) is 6.42. The number of carbonyl (C=O) groups excluding carboxylic acids is 1. The van der Waals surface area contributed by atoms with Crippen LogP contribution in [-0.4, -0.2) is 66.1 Å². The number of halogens is 3. The fourth-order valence-electron chi connectivity index (χ4n) is 4.51. The van der Waals surface area contributed by atoms with E-state index in [0.29, 0.717) is 37.7 Å². The van der Waals surface area contributed by atoms with E-state index < -0.39 is 24.5 Å². The second-order valence-corrected chi connectivity index (χ2v) is 9.48. The average molecular weight is 505 g/mol. The van der Waals surface area contributed by atoms with Crippen LogP contribution in [0.1, 0.15) is 31.0 Å². The van der Waals surface area contributed by atoms with E-state index in [1.165, 1.54) is 4.90 Å². The molecule has 3 N–H and O–H groups in total. The molecule has 7 nitrogen and oxygen atoms in total. The average Bonchev–Trinajstić information content (AvgIpc) is 3.51. The maximum atomic E-state index is 12.8. The molecule has 3 heterocycles. The molecule has 2 atom stereocenters. The number of nitrogens with zero attached hydrogens (tertiary/aromatic N) is 2. The highest BCUT2D eigenvalue weighted by atomic mass is 19.4. The van der Waals surface area contributed by atoms with Gasteiger partial charge in [0, 0.05) is 36.8 Å². The summed E-state index contributed by atoms with van der Waals surface area (Å²) in [5.41, 5.74) is 5.03. The van der Waals surface area contributed by atoms with Gasteiger partial charge in [0.05, 0.1) is 25.5 Å². The maximum Gasteiger partial charge on any atom is 0.389 e. The molecular formula is C26H31F3N4O3. The summed E-state index contributed by atoms with van der Waals surface area (Å²) in [7, 11) is 0. The molecule has 1 aromatic carbocycles. The number of alkyl halides is 3. The van der Waals surface area contributed by atoms with E-state index in [-0.39, 0.29) is 19.2 Å². The number of nitrogens with one attached hydrogen (secondary N) is 2. The van der Waals surface area contributed by atoms with E-state index in [0.717, 1.165) is 28.0 Å². The van der Waals surface area contributed by atoms with Crippen molar-refractivity contribution in [2.75, 3.05) is 43.5 Å². The van der Waals surface area contributed by atoms with Crippen LogP contribution in [0.15, 0.2) is 36.4 Å². The largest absolute Gasteiger partial charge is 0.394 e. The molecular weight excluding hydrogens is 473 g/mol. The second kappa shape index (κ2) is 10.9. The Kier molecular flexibility index (Phi) is 7.85. The van der Waals surface area contributed by atoms with Crippen molar-refractivity contribution in [3.05, 3.63) is 47.7 Å². The number of amides is 2. The van der Waals surface area contributed by atoms with Gasteiger partial charge in [0.15, 0.2) is 0 Å². The molecule has 2 amide bonds. The highest BCUT2D eigenvalue weighted by Crippen LogP contribution is 2.33. The van der Waals surface area contributed by atoms with Gasteiger partial charge in [-0.3, -0.25) is 0 Å². The first-order valence-corrected chi connectivity index (χ1v) is 12.0. The number of aromatic nitrogens is 1. The monoisotopic (exact) mass is 504 g/mol. The van der Waals surface area contributed by atoms with Crippen LogP contribution in [0.25, 0.3) is 16.7 Å². The molecule has 1 saturated heterocycles. The van der Waals surface area contributed by atoms with Crippen LogP contribution in [-0.2, 0) is 4.74 Å². The molecule has 0 saturated carbocycles. The number of benzene rings is 1. The number of anilines is 2. The van der Waals surface area contributed by atoms with Crippen molar-refractivity contribution in [1.29, 1.82) is 0 Å². The Labute approximate surface area is 208 Å². The summed E-state index contributed by atoms with van der Waals surface area (Å²) in [6, 6.07) is 8.79. The number of hydrogen-bond donors (Lipinski definition) is 3. The van der Waals surface area contributed by atoms with Gasteiger partial charge >= 0.3 is 12.2 Å². The van der Waals surface area contributed by atoms with Gasteiger partial charge in [-0.1, -0.05) is 12.1 Å². The number of hydrogen-bond acceptors (Lipinski definition) is 5. The molecule has 0 radical (unpaired) electrons. The van der Waals surface area contributed by atoms with Crippen molar-refractivity contribution >= 4 is 23.1 Å². The van der Waals surface area contributed by atoms with Crippen molar-refractivity contribution in [2.45, 2.75) is 38.9 Å². The minimum absolute atomic E-state index is 0.0477. The summed E-state index contributed by atoms with van der Waals surface area (Å²) < 4.78 is 43.6. The van der Waals surface area contributed by atoms with Crippen LogP contribution in [0.4, 0.5) is 29.5 Å². The summed E-state index contributed by atoms with van der Waals surface area (Å²) >= 11 is 0. The summed E-state index contributed by atoms with van der Waals surface area (Å²) in [6.07, 6.45) is -2.78. The number of pyridine rings is 1. The standard InChI is InChI=1S/C26H31F3N4O3/c1-16-3-4-21(31-25(35)33-7-5-18(13-33)12-26(27,28)29)11-22(16)20-9-23(19-6-8-36-15-19)32-24(10-20)30-17(2)14-34/h3-4,6,9-11,17-18,34H,5,7-8,12-15H2,1-2H3,(H,30,32)(H,31,35)/t17?,18-/m0/s1.